The van der Waals surface area contributed by atoms with E-state index in [4.69, 9.17) is 5.26 Å². The van der Waals surface area contributed by atoms with Gasteiger partial charge in [-0.3, -0.25) is 4.99 Å². The summed E-state index contributed by atoms with van der Waals surface area (Å²) < 4.78 is 0. The minimum Gasteiger partial charge on any atom is -0.507 e. The normalized spacial score (nSPS) is 11.0. The highest BCUT2D eigenvalue weighted by atomic mass is 32.2. The number of aliphatic imine (C=N–C) groups is 1. The molecule has 0 aliphatic carbocycles. The number of aromatic hydroxyl groups is 1. The predicted molar refractivity (Wildman–Crippen MR) is 105 cm³/mol. The van der Waals surface area contributed by atoms with Crippen molar-refractivity contribution in [2.45, 2.75) is 5.75 Å². The van der Waals surface area contributed by atoms with E-state index in [0.717, 1.165) is 39.0 Å². The van der Waals surface area contributed by atoms with E-state index in [0.29, 0.717) is 6.54 Å². The molecule has 0 bridgehead atoms. The fourth-order valence-corrected chi connectivity index (χ4v) is 3.48. The summed E-state index contributed by atoms with van der Waals surface area (Å²) in [5.74, 6) is 1.92. The predicted octanol–water partition coefficient (Wildman–Crippen LogP) is 4.77. The van der Waals surface area contributed by atoms with Crippen molar-refractivity contribution in [3.63, 3.8) is 0 Å². The molecule has 0 saturated carbocycles. The lowest BCUT2D eigenvalue weighted by Gasteiger charge is -2.05. The number of fused-ring (bicyclic) bond motifs is 1. The molecule has 25 heavy (non-hydrogen) atoms. The number of benzene rings is 3. The minimum absolute atomic E-state index is 0.248. The number of nitrogens with zero attached hydrogens (tertiary/aromatic N) is 2. The van der Waals surface area contributed by atoms with Gasteiger partial charge in [0, 0.05) is 29.8 Å². The molecule has 0 radical (unpaired) electrons. The van der Waals surface area contributed by atoms with Crippen LogP contribution in [-0.4, -0.2) is 23.6 Å². The molecule has 3 aromatic rings. The molecule has 0 heterocycles. The van der Waals surface area contributed by atoms with E-state index in [1.54, 1.807) is 24.0 Å². The maximum atomic E-state index is 10.1. The van der Waals surface area contributed by atoms with Gasteiger partial charge in [-0.15, -0.1) is 0 Å². The van der Waals surface area contributed by atoms with Gasteiger partial charge in [0.1, 0.15) is 5.75 Å². The van der Waals surface area contributed by atoms with E-state index in [-0.39, 0.29) is 5.75 Å². The summed E-state index contributed by atoms with van der Waals surface area (Å²) in [5, 5.41) is 21.3. The fourth-order valence-electron chi connectivity index (χ4n) is 2.63. The first-order valence-electron chi connectivity index (χ1n) is 8.06. The van der Waals surface area contributed by atoms with Crippen LogP contribution in [0.15, 0.2) is 65.7 Å². The van der Waals surface area contributed by atoms with Crippen molar-refractivity contribution in [1.82, 2.24) is 0 Å². The molecular weight excluding hydrogens is 328 g/mol. The smallest absolute Gasteiger partial charge is 0.124 e. The Hall–Kier alpha value is -2.77. The first kappa shape index (κ1) is 17.1. The van der Waals surface area contributed by atoms with Crippen LogP contribution in [0.25, 0.3) is 10.8 Å². The zero-order valence-corrected chi connectivity index (χ0v) is 14.5. The average molecular weight is 346 g/mol. The second-order valence-electron chi connectivity index (χ2n) is 5.58. The molecule has 0 spiro atoms. The van der Waals surface area contributed by atoms with Crippen LogP contribution in [0.2, 0.25) is 0 Å². The SMILES string of the molecule is N#Cc1ccccc1CSCCN=Cc1c(O)ccc2ccccc12. The third kappa shape index (κ3) is 4.20. The largest absolute Gasteiger partial charge is 0.507 e. The Bertz CT molecular complexity index is 944. The van der Waals surface area contributed by atoms with Gasteiger partial charge in [-0.2, -0.15) is 17.0 Å². The summed E-state index contributed by atoms with van der Waals surface area (Å²) in [5.41, 5.74) is 2.56. The zero-order valence-electron chi connectivity index (χ0n) is 13.7. The van der Waals surface area contributed by atoms with Gasteiger partial charge in [-0.1, -0.05) is 48.5 Å². The maximum absolute atomic E-state index is 10.1. The van der Waals surface area contributed by atoms with E-state index < -0.39 is 0 Å². The van der Waals surface area contributed by atoms with E-state index in [1.165, 1.54) is 0 Å². The first-order valence-corrected chi connectivity index (χ1v) is 9.21. The summed E-state index contributed by atoms with van der Waals surface area (Å²) in [6.07, 6.45) is 1.75. The molecular formula is C21H18N2OS. The Morgan fingerprint density at radius 2 is 1.84 bits per heavy atom. The van der Waals surface area contributed by atoms with Crippen molar-refractivity contribution in [1.29, 1.82) is 5.26 Å². The van der Waals surface area contributed by atoms with Crippen molar-refractivity contribution in [2.75, 3.05) is 12.3 Å². The highest BCUT2D eigenvalue weighted by Crippen LogP contribution is 2.25. The van der Waals surface area contributed by atoms with E-state index >= 15 is 0 Å². The van der Waals surface area contributed by atoms with Gasteiger partial charge in [0.25, 0.3) is 0 Å². The lowest BCUT2D eigenvalue weighted by Crippen LogP contribution is -1.92. The molecule has 1 N–H and O–H groups in total. The molecule has 0 amide bonds. The Balaban J connectivity index is 1.58. The molecule has 3 rings (SSSR count). The van der Waals surface area contributed by atoms with Crippen LogP contribution in [0.1, 0.15) is 16.7 Å². The second kappa shape index (κ2) is 8.36. The van der Waals surface area contributed by atoms with Gasteiger partial charge in [-0.25, -0.2) is 0 Å². The highest BCUT2D eigenvalue weighted by molar-refractivity contribution is 7.98. The Morgan fingerprint density at radius 3 is 2.72 bits per heavy atom. The van der Waals surface area contributed by atoms with Crippen LogP contribution in [0.4, 0.5) is 0 Å². The minimum atomic E-state index is 0.248. The van der Waals surface area contributed by atoms with Crippen LogP contribution in [-0.2, 0) is 5.75 Å². The van der Waals surface area contributed by atoms with Gasteiger partial charge < -0.3 is 5.11 Å². The molecule has 0 aliphatic rings. The second-order valence-corrected chi connectivity index (χ2v) is 6.68. The van der Waals surface area contributed by atoms with E-state index in [2.05, 4.69) is 11.1 Å². The topological polar surface area (TPSA) is 56.4 Å². The molecule has 0 unspecified atom stereocenters. The van der Waals surface area contributed by atoms with Crippen LogP contribution in [0.3, 0.4) is 0 Å². The van der Waals surface area contributed by atoms with E-state index in [1.807, 2.05) is 54.6 Å². The molecule has 0 aliphatic heterocycles. The van der Waals surface area contributed by atoms with Crippen LogP contribution in [0.5, 0.6) is 5.75 Å². The summed E-state index contributed by atoms with van der Waals surface area (Å²) in [6, 6.07) is 21.5. The third-order valence-corrected chi connectivity index (χ3v) is 4.91. The maximum Gasteiger partial charge on any atom is 0.124 e. The first-order chi connectivity index (χ1) is 12.3. The molecule has 0 fully saturated rings. The Labute approximate surface area is 151 Å². The molecule has 0 aromatic heterocycles. The van der Waals surface area contributed by atoms with Crippen LogP contribution >= 0.6 is 11.8 Å². The zero-order chi connectivity index (χ0) is 17.5. The van der Waals surface area contributed by atoms with Gasteiger partial charge >= 0.3 is 0 Å². The molecule has 0 saturated heterocycles. The fraction of sp³-hybridized carbons (Fsp3) is 0.143. The summed E-state index contributed by atoms with van der Waals surface area (Å²) in [6.45, 7) is 0.669. The number of hydrogen-bond donors (Lipinski definition) is 1. The van der Waals surface area contributed by atoms with Gasteiger partial charge in [0.2, 0.25) is 0 Å². The van der Waals surface area contributed by atoms with Crippen molar-refractivity contribution in [3.05, 3.63) is 77.4 Å². The van der Waals surface area contributed by atoms with Crippen molar-refractivity contribution < 1.29 is 5.11 Å². The lowest BCUT2D eigenvalue weighted by molar-refractivity contribution is 0.475. The van der Waals surface area contributed by atoms with Crippen LogP contribution in [0, 0.1) is 11.3 Å². The Kier molecular flexibility index (Phi) is 5.71. The monoisotopic (exact) mass is 346 g/mol. The number of phenols is 1. The van der Waals surface area contributed by atoms with Crippen molar-refractivity contribution >= 4 is 28.7 Å². The number of rotatable bonds is 6. The average Bonchev–Trinajstić information content (AvgIpc) is 2.66. The van der Waals surface area contributed by atoms with Crippen molar-refractivity contribution in [2.24, 2.45) is 4.99 Å². The lowest BCUT2D eigenvalue weighted by atomic mass is 10.0. The standard InChI is InChI=1S/C21H18N2OS/c22-13-17-6-1-2-7-18(17)15-25-12-11-23-14-20-19-8-4-3-5-16(19)9-10-21(20)24/h1-10,14,24H,11-12,15H2. The molecule has 4 heteroatoms. The summed E-state index contributed by atoms with van der Waals surface area (Å²) >= 11 is 1.75. The number of nitriles is 1. The molecule has 0 atom stereocenters. The van der Waals surface area contributed by atoms with E-state index in [9.17, 15) is 5.11 Å². The number of hydrogen-bond acceptors (Lipinski definition) is 4. The molecule has 124 valence electrons. The molecule has 3 nitrogen and oxygen atoms in total. The highest BCUT2D eigenvalue weighted by Gasteiger charge is 2.04. The Morgan fingerprint density at radius 1 is 1.04 bits per heavy atom. The van der Waals surface area contributed by atoms with Gasteiger partial charge in [0.05, 0.1) is 11.6 Å². The van der Waals surface area contributed by atoms with Gasteiger partial charge in [0.15, 0.2) is 0 Å². The summed E-state index contributed by atoms with van der Waals surface area (Å²) in [4.78, 5) is 4.46. The number of phenolic OH excluding ortho intramolecular Hbond substituents is 1. The molecule has 3 aromatic carbocycles. The number of thioether (sulfide) groups is 1. The van der Waals surface area contributed by atoms with Gasteiger partial charge in [-0.05, 0) is 28.5 Å². The van der Waals surface area contributed by atoms with Crippen LogP contribution < -0.4 is 0 Å². The quantitative estimate of drug-likeness (QED) is 0.517. The van der Waals surface area contributed by atoms with Crippen molar-refractivity contribution in [3.8, 4) is 11.8 Å². The summed E-state index contributed by atoms with van der Waals surface area (Å²) in [7, 11) is 0. The third-order valence-electron chi connectivity index (χ3n) is 3.93.